The van der Waals surface area contributed by atoms with Gasteiger partial charge in [0.05, 0.1) is 12.1 Å². The van der Waals surface area contributed by atoms with Crippen LogP contribution in [0.1, 0.15) is 17.1 Å². The maximum absolute atomic E-state index is 12.8. The summed E-state index contributed by atoms with van der Waals surface area (Å²) in [6, 6.07) is 7.08. The Hall–Kier alpha value is -1.62. The molecule has 0 fully saturated rings. The molecule has 0 spiro atoms. The van der Waals surface area contributed by atoms with Gasteiger partial charge in [-0.1, -0.05) is 11.6 Å². The number of alkyl halides is 3. The van der Waals surface area contributed by atoms with Crippen molar-refractivity contribution in [2.75, 3.05) is 5.32 Å². The molecule has 0 amide bonds. The predicted molar refractivity (Wildman–Crippen MR) is 67.2 cm³/mol. The average molecular weight is 290 g/mol. The molecule has 0 aliphatic carbocycles. The lowest BCUT2D eigenvalue weighted by Crippen LogP contribution is -2.10. The monoisotopic (exact) mass is 289 g/mol. The molecule has 102 valence electrons. The zero-order valence-corrected chi connectivity index (χ0v) is 10.8. The van der Waals surface area contributed by atoms with Gasteiger partial charge in [-0.2, -0.15) is 13.2 Å². The maximum Gasteiger partial charge on any atom is 0.418 e. The average Bonchev–Trinajstić information content (AvgIpc) is 2.72. The summed E-state index contributed by atoms with van der Waals surface area (Å²) >= 11 is 5.60. The molecule has 2 aromatic rings. The summed E-state index contributed by atoms with van der Waals surface area (Å²) < 4.78 is 43.8. The Kier molecular flexibility index (Phi) is 3.75. The summed E-state index contributed by atoms with van der Waals surface area (Å²) in [6.07, 6.45) is -4.45. The first kappa shape index (κ1) is 13.8. The van der Waals surface area contributed by atoms with E-state index in [1.54, 1.807) is 19.1 Å². The minimum Gasteiger partial charge on any atom is -0.465 e. The van der Waals surface area contributed by atoms with E-state index in [2.05, 4.69) is 5.32 Å². The van der Waals surface area contributed by atoms with Crippen LogP contribution < -0.4 is 5.32 Å². The normalized spacial score (nSPS) is 11.6. The minimum absolute atomic E-state index is 0.0223. The fourth-order valence-electron chi connectivity index (χ4n) is 1.67. The van der Waals surface area contributed by atoms with Crippen LogP contribution in [0.25, 0.3) is 0 Å². The third-order valence-electron chi connectivity index (χ3n) is 2.54. The van der Waals surface area contributed by atoms with E-state index >= 15 is 0 Å². The number of halogens is 4. The first-order valence-corrected chi connectivity index (χ1v) is 5.90. The smallest absolute Gasteiger partial charge is 0.418 e. The van der Waals surface area contributed by atoms with Crippen molar-refractivity contribution in [3.05, 3.63) is 52.4 Å². The van der Waals surface area contributed by atoms with Gasteiger partial charge in [0.15, 0.2) is 0 Å². The number of aryl methyl sites for hydroxylation is 1. The molecule has 1 aromatic carbocycles. The summed E-state index contributed by atoms with van der Waals surface area (Å²) in [4.78, 5) is 0. The minimum atomic E-state index is -4.45. The Balaban J connectivity index is 2.20. The number of hydrogen-bond donors (Lipinski definition) is 1. The van der Waals surface area contributed by atoms with E-state index in [0.717, 1.165) is 6.07 Å². The molecule has 0 saturated heterocycles. The van der Waals surface area contributed by atoms with Gasteiger partial charge in [-0.3, -0.25) is 0 Å². The van der Waals surface area contributed by atoms with Crippen LogP contribution in [0.2, 0.25) is 5.02 Å². The first-order valence-electron chi connectivity index (χ1n) is 5.52. The van der Waals surface area contributed by atoms with E-state index in [1.165, 1.54) is 12.1 Å². The lowest BCUT2D eigenvalue weighted by molar-refractivity contribution is -0.137. The van der Waals surface area contributed by atoms with Crippen LogP contribution in [0.15, 0.2) is 34.7 Å². The predicted octanol–water partition coefficient (Wildman–Crippen LogP) is 4.87. The fraction of sp³-hybridized carbons (Fsp3) is 0.231. The molecule has 0 aliphatic rings. The summed E-state index contributed by atoms with van der Waals surface area (Å²) in [5.74, 6) is 1.28. The van der Waals surface area contributed by atoms with Crippen LogP contribution in [0.3, 0.4) is 0 Å². The zero-order chi connectivity index (χ0) is 14.0. The molecule has 0 radical (unpaired) electrons. The maximum atomic E-state index is 12.8. The Morgan fingerprint density at radius 1 is 1.21 bits per heavy atom. The Morgan fingerprint density at radius 3 is 2.53 bits per heavy atom. The number of rotatable bonds is 3. The van der Waals surface area contributed by atoms with Crippen LogP contribution >= 0.6 is 11.6 Å². The lowest BCUT2D eigenvalue weighted by atomic mass is 10.1. The van der Waals surface area contributed by atoms with E-state index in [0.29, 0.717) is 11.5 Å². The molecule has 0 saturated carbocycles. The van der Waals surface area contributed by atoms with Gasteiger partial charge in [-0.15, -0.1) is 0 Å². The summed E-state index contributed by atoms with van der Waals surface area (Å²) in [5, 5.41) is 2.75. The van der Waals surface area contributed by atoms with Crippen molar-refractivity contribution in [1.29, 1.82) is 0 Å². The number of benzene rings is 1. The Labute approximate surface area is 113 Å². The molecular formula is C13H11ClF3NO. The van der Waals surface area contributed by atoms with Crippen molar-refractivity contribution in [3.63, 3.8) is 0 Å². The van der Waals surface area contributed by atoms with Gasteiger partial charge in [-0.05, 0) is 37.3 Å². The molecule has 2 rings (SSSR count). The van der Waals surface area contributed by atoms with Gasteiger partial charge in [0, 0.05) is 10.7 Å². The molecule has 0 aliphatic heterocycles. The van der Waals surface area contributed by atoms with E-state index in [9.17, 15) is 13.2 Å². The van der Waals surface area contributed by atoms with Crippen LogP contribution in [0, 0.1) is 6.92 Å². The second kappa shape index (κ2) is 5.17. The zero-order valence-electron chi connectivity index (χ0n) is 10.0. The summed E-state index contributed by atoms with van der Waals surface area (Å²) in [7, 11) is 0. The molecule has 0 bridgehead atoms. The highest BCUT2D eigenvalue weighted by atomic mass is 35.5. The fourth-order valence-corrected chi connectivity index (χ4v) is 1.84. The van der Waals surface area contributed by atoms with Crippen LogP contribution in [-0.4, -0.2) is 0 Å². The molecular weight excluding hydrogens is 279 g/mol. The van der Waals surface area contributed by atoms with Crippen molar-refractivity contribution >= 4 is 17.3 Å². The molecule has 6 heteroatoms. The van der Waals surface area contributed by atoms with E-state index in [1.807, 2.05) is 0 Å². The number of anilines is 1. The van der Waals surface area contributed by atoms with Gasteiger partial charge in [0.25, 0.3) is 0 Å². The number of furan rings is 1. The van der Waals surface area contributed by atoms with Crippen molar-refractivity contribution in [3.8, 4) is 0 Å². The van der Waals surface area contributed by atoms with Gasteiger partial charge >= 0.3 is 6.18 Å². The largest absolute Gasteiger partial charge is 0.465 e. The SMILES string of the molecule is Cc1ccc(CNc2ccc(Cl)cc2C(F)(F)F)o1. The second-order valence-corrected chi connectivity index (χ2v) is 4.49. The first-order chi connectivity index (χ1) is 8.86. The van der Waals surface area contributed by atoms with Gasteiger partial charge < -0.3 is 9.73 Å². The van der Waals surface area contributed by atoms with Crippen molar-refractivity contribution in [2.45, 2.75) is 19.6 Å². The topological polar surface area (TPSA) is 25.2 Å². The number of hydrogen-bond acceptors (Lipinski definition) is 2. The van der Waals surface area contributed by atoms with Gasteiger partial charge in [-0.25, -0.2) is 0 Å². The Bertz CT molecular complexity index is 578. The van der Waals surface area contributed by atoms with E-state index in [-0.39, 0.29) is 17.3 Å². The molecule has 19 heavy (non-hydrogen) atoms. The molecule has 2 nitrogen and oxygen atoms in total. The van der Waals surface area contributed by atoms with Crippen molar-refractivity contribution in [1.82, 2.24) is 0 Å². The van der Waals surface area contributed by atoms with Crippen LogP contribution in [-0.2, 0) is 12.7 Å². The molecule has 0 unspecified atom stereocenters. The highest BCUT2D eigenvalue weighted by Crippen LogP contribution is 2.36. The summed E-state index contributed by atoms with van der Waals surface area (Å²) in [5.41, 5.74) is -0.811. The molecule has 1 heterocycles. The highest BCUT2D eigenvalue weighted by Gasteiger charge is 2.33. The van der Waals surface area contributed by atoms with Gasteiger partial charge in [0.2, 0.25) is 0 Å². The Morgan fingerprint density at radius 2 is 1.95 bits per heavy atom. The highest BCUT2D eigenvalue weighted by molar-refractivity contribution is 6.30. The van der Waals surface area contributed by atoms with Crippen LogP contribution in [0.4, 0.5) is 18.9 Å². The second-order valence-electron chi connectivity index (χ2n) is 4.05. The molecule has 1 aromatic heterocycles. The van der Waals surface area contributed by atoms with E-state index in [4.69, 9.17) is 16.0 Å². The van der Waals surface area contributed by atoms with Crippen molar-refractivity contribution in [2.24, 2.45) is 0 Å². The van der Waals surface area contributed by atoms with E-state index < -0.39 is 11.7 Å². The molecule has 1 N–H and O–H groups in total. The standard InChI is InChI=1S/C13H11ClF3NO/c1-8-2-4-10(19-8)7-18-12-5-3-9(14)6-11(12)13(15,16)17/h2-6,18H,7H2,1H3. The van der Waals surface area contributed by atoms with Crippen LogP contribution in [0.5, 0.6) is 0 Å². The number of nitrogens with one attached hydrogen (secondary N) is 1. The molecule has 0 atom stereocenters. The van der Waals surface area contributed by atoms with Gasteiger partial charge in [0.1, 0.15) is 11.5 Å². The lowest BCUT2D eigenvalue weighted by Gasteiger charge is -2.14. The third-order valence-corrected chi connectivity index (χ3v) is 2.77. The third kappa shape index (κ3) is 3.44. The summed E-state index contributed by atoms with van der Waals surface area (Å²) in [6.45, 7) is 1.95. The quantitative estimate of drug-likeness (QED) is 0.872. The van der Waals surface area contributed by atoms with Crippen molar-refractivity contribution < 1.29 is 17.6 Å².